The van der Waals surface area contributed by atoms with Gasteiger partial charge < -0.3 is 9.15 Å². The van der Waals surface area contributed by atoms with E-state index in [2.05, 4.69) is 4.72 Å². The second-order valence-corrected chi connectivity index (χ2v) is 9.90. The number of furan rings is 1. The average molecular weight is 453 g/mol. The number of aliphatic imine (C=N–C) groups is 1. The van der Waals surface area contributed by atoms with Crippen molar-refractivity contribution in [2.75, 3.05) is 11.8 Å². The van der Waals surface area contributed by atoms with Crippen LogP contribution in [0.15, 0.2) is 75.4 Å². The van der Waals surface area contributed by atoms with Gasteiger partial charge in [0.1, 0.15) is 5.75 Å². The number of carbonyl (C=O) groups excluding carboxylic acids is 1. The van der Waals surface area contributed by atoms with Crippen molar-refractivity contribution in [3.63, 3.8) is 0 Å². The summed E-state index contributed by atoms with van der Waals surface area (Å²) in [5.41, 5.74) is 3.30. The van der Waals surface area contributed by atoms with Crippen LogP contribution in [0.2, 0.25) is 0 Å². The van der Waals surface area contributed by atoms with E-state index in [0.29, 0.717) is 11.3 Å². The number of ketones is 1. The minimum absolute atomic E-state index is 0.101. The molecule has 0 fully saturated rings. The van der Waals surface area contributed by atoms with Gasteiger partial charge in [-0.15, -0.1) is 0 Å². The topological polar surface area (TPSA) is 98.0 Å². The third-order valence-electron chi connectivity index (χ3n) is 5.24. The number of hydrogen-bond donors (Lipinski definition) is 1. The lowest BCUT2D eigenvalue weighted by molar-refractivity contribution is 0.100. The molecular weight excluding hydrogens is 428 g/mol. The van der Waals surface area contributed by atoms with Crippen LogP contribution in [-0.4, -0.2) is 32.6 Å². The summed E-state index contributed by atoms with van der Waals surface area (Å²) in [7, 11) is -2.20. The Morgan fingerprint density at radius 1 is 1.16 bits per heavy atom. The molecule has 0 bridgehead atoms. The molecule has 4 rings (SSSR count). The van der Waals surface area contributed by atoms with E-state index in [4.69, 9.17) is 14.1 Å². The molecular formula is C24H24N2O5S. The Hall–Kier alpha value is -3.39. The van der Waals surface area contributed by atoms with Crippen LogP contribution in [0.4, 0.5) is 5.69 Å². The largest absolute Gasteiger partial charge is 0.497 e. The maximum Gasteiger partial charge on any atom is 0.295 e. The maximum atomic E-state index is 13.0. The van der Waals surface area contributed by atoms with E-state index in [1.807, 2.05) is 32.0 Å². The van der Waals surface area contributed by atoms with Crippen LogP contribution >= 0.6 is 0 Å². The minimum atomic E-state index is -3.81. The summed E-state index contributed by atoms with van der Waals surface area (Å²) in [5, 5.41) is -0.176. The van der Waals surface area contributed by atoms with Gasteiger partial charge in [0.25, 0.3) is 10.0 Å². The van der Waals surface area contributed by atoms with E-state index in [1.54, 1.807) is 31.4 Å². The molecule has 0 spiro atoms. The first-order valence-electron chi connectivity index (χ1n) is 10.1. The molecule has 1 aromatic heterocycles. The van der Waals surface area contributed by atoms with Gasteiger partial charge >= 0.3 is 0 Å². The molecule has 1 N–H and O–H groups in total. The minimum Gasteiger partial charge on any atom is -0.497 e. The quantitative estimate of drug-likeness (QED) is 0.533. The Morgan fingerprint density at radius 2 is 1.91 bits per heavy atom. The SMILES string of the molecule is COc1ccc2c(c1)C(CC(=O)c1ccc(NS(=O)(=O)c3ccco3)cc1)=NC(C)(C)C2. The summed E-state index contributed by atoms with van der Waals surface area (Å²) in [4.78, 5) is 17.8. The van der Waals surface area contributed by atoms with Gasteiger partial charge in [-0.1, -0.05) is 6.07 Å². The highest BCUT2D eigenvalue weighted by atomic mass is 32.2. The van der Waals surface area contributed by atoms with Gasteiger partial charge in [0.2, 0.25) is 5.09 Å². The van der Waals surface area contributed by atoms with Crippen molar-refractivity contribution in [1.29, 1.82) is 0 Å². The monoisotopic (exact) mass is 452 g/mol. The van der Waals surface area contributed by atoms with E-state index < -0.39 is 10.0 Å². The zero-order valence-corrected chi connectivity index (χ0v) is 18.9. The number of hydrogen-bond acceptors (Lipinski definition) is 6. The fourth-order valence-electron chi connectivity index (χ4n) is 3.77. The molecule has 0 aliphatic carbocycles. The molecule has 0 unspecified atom stereocenters. The highest BCUT2D eigenvalue weighted by molar-refractivity contribution is 7.92. The van der Waals surface area contributed by atoms with Crippen molar-refractivity contribution in [3.05, 3.63) is 77.6 Å². The smallest absolute Gasteiger partial charge is 0.295 e. The van der Waals surface area contributed by atoms with Crippen molar-refractivity contribution in [1.82, 2.24) is 0 Å². The van der Waals surface area contributed by atoms with Gasteiger partial charge in [0.15, 0.2) is 5.78 Å². The highest BCUT2D eigenvalue weighted by Crippen LogP contribution is 2.31. The molecule has 0 atom stereocenters. The van der Waals surface area contributed by atoms with Gasteiger partial charge in [0, 0.05) is 16.8 Å². The van der Waals surface area contributed by atoms with Gasteiger partial charge in [0.05, 0.1) is 31.0 Å². The molecule has 0 radical (unpaired) electrons. The molecule has 8 heteroatoms. The standard InChI is InChI=1S/C24H24N2O5S/c1-24(2)15-17-8-11-19(30-3)13-20(17)21(25-24)14-22(27)16-6-9-18(10-7-16)26-32(28,29)23-5-4-12-31-23/h4-13,26H,14-15H2,1-3H3. The first-order valence-corrected chi connectivity index (χ1v) is 11.6. The zero-order valence-electron chi connectivity index (χ0n) is 18.1. The van der Waals surface area contributed by atoms with Gasteiger partial charge in [-0.3, -0.25) is 14.5 Å². The fourth-order valence-corrected chi connectivity index (χ4v) is 4.76. The molecule has 0 amide bonds. The van der Waals surface area contributed by atoms with Crippen molar-refractivity contribution in [3.8, 4) is 5.75 Å². The Bertz CT molecular complexity index is 1270. The van der Waals surface area contributed by atoms with E-state index >= 15 is 0 Å². The number of carbonyl (C=O) groups is 1. The Kier molecular flexibility index (Phi) is 5.64. The predicted octanol–water partition coefficient (Wildman–Crippen LogP) is 4.49. The fraction of sp³-hybridized carbons (Fsp3) is 0.250. The second kappa shape index (κ2) is 8.27. The molecule has 3 aromatic rings. The normalized spacial score (nSPS) is 14.9. The highest BCUT2D eigenvalue weighted by Gasteiger charge is 2.28. The van der Waals surface area contributed by atoms with Crippen LogP contribution in [-0.2, 0) is 16.4 Å². The van der Waals surface area contributed by atoms with Crippen LogP contribution in [0.25, 0.3) is 0 Å². The number of Topliss-reactive ketones (excluding diaryl/α,β-unsaturated/α-hetero) is 1. The number of methoxy groups -OCH3 is 1. The molecule has 2 heterocycles. The lowest BCUT2D eigenvalue weighted by Crippen LogP contribution is -2.30. The van der Waals surface area contributed by atoms with Crippen molar-refractivity contribution < 1.29 is 22.4 Å². The van der Waals surface area contributed by atoms with Crippen LogP contribution in [0, 0.1) is 0 Å². The summed E-state index contributed by atoms with van der Waals surface area (Å²) in [5.74, 6) is 0.618. The second-order valence-electron chi connectivity index (χ2n) is 8.29. The van der Waals surface area contributed by atoms with Gasteiger partial charge in [-0.25, -0.2) is 0 Å². The molecule has 2 aromatic carbocycles. The van der Waals surface area contributed by atoms with Crippen molar-refractivity contribution >= 4 is 27.2 Å². The van der Waals surface area contributed by atoms with Crippen molar-refractivity contribution in [2.24, 2.45) is 4.99 Å². The number of sulfonamides is 1. The Balaban J connectivity index is 1.53. The van der Waals surface area contributed by atoms with Crippen LogP contribution < -0.4 is 9.46 Å². The lowest BCUT2D eigenvalue weighted by atomic mass is 9.85. The molecule has 32 heavy (non-hydrogen) atoms. The predicted molar refractivity (Wildman–Crippen MR) is 122 cm³/mol. The van der Waals surface area contributed by atoms with E-state index in [-0.39, 0.29) is 22.8 Å². The summed E-state index contributed by atoms with van der Waals surface area (Å²) in [6.07, 6.45) is 2.22. The number of fused-ring (bicyclic) bond motifs is 1. The number of nitrogens with one attached hydrogen (secondary N) is 1. The summed E-state index contributed by atoms with van der Waals surface area (Å²) >= 11 is 0. The number of benzene rings is 2. The van der Waals surface area contributed by atoms with Gasteiger partial charge in [-0.05, 0) is 74.4 Å². The molecule has 0 saturated carbocycles. The number of rotatable bonds is 7. The first kappa shape index (κ1) is 21.8. The third-order valence-corrected chi connectivity index (χ3v) is 6.50. The summed E-state index contributed by atoms with van der Waals surface area (Å²) < 4.78 is 37.3. The Labute approximate surface area is 187 Å². The molecule has 7 nitrogen and oxygen atoms in total. The molecule has 166 valence electrons. The van der Waals surface area contributed by atoms with Crippen LogP contribution in [0.3, 0.4) is 0 Å². The van der Waals surface area contributed by atoms with Crippen molar-refractivity contribution in [2.45, 2.75) is 37.3 Å². The summed E-state index contributed by atoms with van der Waals surface area (Å²) in [6, 6.07) is 15.0. The average Bonchev–Trinajstić information content (AvgIpc) is 3.29. The van der Waals surface area contributed by atoms with Crippen LogP contribution in [0.5, 0.6) is 5.75 Å². The Morgan fingerprint density at radius 3 is 2.56 bits per heavy atom. The first-order chi connectivity index (χ1) is 15.2. The van der Waals surface area contributed by atoms with E-state index in [0.717, 1.165) is 29.0 Å². The lowest BCUT2D eigenvalue weighted by Gasteiger charge is -2.29. The zero-order chi connectivity index (χ0) is 22.9. The van der Waals surface area contributed by atoms with Gasteiger partial charge in [-0.2, -0.15) is 8.42 Å². The number of nitrogens with zero attached hydrogens (tertiary/aromatic N) is 1. The number of ether oxygens (including phenoxy) is 1. The third kappa shape index (κ3) is 4.60. The summed E-state index contributed by atoms with van der Waals surface area (Å²) in [6.45, 7) is 4.09. The molecule has 1 aliphatic rings. The number of anilines is 1. The van der Waals surface area contributed by atoms with E-state index in [9.17, 15) is 13.2 Å². The molecule has 0 saturated heterocycles. The molecule has 1 aliphatic heterocycles. The van der Waals surface area contributed by atoms with Crippen LogP contribution in [0.1, 0.15) is 41.8 Å². The maximum absolute atomic E-state index is 13.0. The van der Waals surface area contributed by atoms with E-state index in [1.165, 1.54) is 18.4 Å².